The SMILES string of the molecule is Cc1ccc(C(=O)Nc2cccc(NC(=O)N3CCCC3)c2)cc1. The third kappa shape index (κ3) is 3.93. The van der Waals surface area contributed by atoms with Gasteiger partial charge >= 0.3 is 6.03 Å². The van der Waals surface area contributed by atoms with Crippen LogP contribution in [0.15, 0.2) is 48.5 Å². The summed E-state index contributed by atoms with van der Waals surface area (Å²) in [5, 5.41) is 5.74. The van der Waals surface area contributed by atoms with E-state index in [1.807, 2.05) is 31.2 Å². The summed E-state index contributed by atoms with van der Waals surface area (Å²) in [5.74, 6) is -0.169. The number of carbonyl (C=O) groups is 2. The van der Waals surface area contributed by atoms with Crippen LogP contribution in [0.5, 0.6) is 0 Å². The molecule has 5 nitrogen and oxygen atoms in total. The van der Waals surface area contributed by atoms with E-state index < -0.39 is 0 Å². The molecule has 0 aliphatic carbocycles. The summed E-state index contributed by atoms with van der Waals surface area (Å²) in [6, 6.07) is 14.5. The van der Waals surface area contributed by atoms with Crippen LogP contribution < -0.4 is 10.6 Å². The highest BCUT2D eigenvalue weighted by atomic mass is 16.2. The van der Waals surface area contributed by atoms with Gasteiger partial charge in [0.2, 0.25) is 0 Å². The highest BCUT2D eigenvalue weighted by Gasteiger charge is 2.17. The van der Waals surface area contributed by atoms with Crippen LogP contribution in [0.2, 0.25) is 0 Å². The summed E-state index contributed by atoms with van der Waals surface area (Å²) in [6.45, 7) is 3.58. The van der Waals surface area contributed by atoms with Crippen LogP contribution in [-0.2, 0) is 0 Å². The summed E-state index contributed by atoms with van der Waals surface area (Å²) >= 11 is 0. The van der Waals surface area contributed by atoms with E-state index in [0.29, 0.717) is 16.9 Å². The van der Waals surface area contributed by atoms with Gasteiger partial charge in [0.15, 0.2) is 0 Å². The Hall–Kier alpha value is -2.82. The first-order valence-corrected chi connectivity index (χ1v) is 8.16. The summed E-state index contributed by atoms with van der Waals surface area (Å²) in [4.78, 5) is 26.2. The molecule has 1 fully saturated rings. The Morgan fingerprint density at radius 2 is 1.54 bits per heavy atom. The fourth-order valence-electron chi connectivity index (χ4n) is 2.71. The second kappa shape index (κ2) is 7.17. The third-order valence-electron chi connectivity index (χ3n) is 4.08. The summed E-state index contributed by atoms with van der Waals surface area (Å²) < 4.78 is 0. The van der Waals surface area contributed by atoms with Crippen LogP contribution in [0, 0.1) is 6.92 Å². The molecule has 3 rings (SSSR count). The fraction of sp³-hybridized carbons (Fsp3) is 0.263. The average Bonchev–Trinajstić information content (AvgIpc) is 3.10. The zero-order valence-corrected chi connectivity index (χ0v) is 13.7. The van der Waals surface area contributed by atoms with E-state index in [1.165, 1.54) is 0 Å². The van der Waals surface area contributed by atoms with Crippen molar-refractivity contribution in [3.8, 4) is 0 Å². The maximum Gasteiger partial charge on any atom is 0.321 e. The lowest BCUT2D eigenvalue weighted by Gasteiger charge is -2.16. The van der Waals surface area contributed by atoms with Gasteiger partial charge in [0, 0.05) is 30.0 Å². The lowest BCUT2D eigenvalue weighted by molar-refractivity contribution is 0.102. The van der Waals surface area contributed by atoms with Crippen LogP contribution >= 0.6 is 0 Å². The molecule has 3 amide bonds. The lowest BCUT2D eigenvalue weighted by Crippen LogP contribution is -2.32. The molecule has 5 heteroatoms. The van der Waals surface area contributed by atoms with Gasteiger partial charge in [-0.25, -0.2) is 4.79 Å². The number of hydrogen-bond donors (Lipinski definition) is 2. The minimum Gasteiger partial charge on any atom is -0.325 e. The van der Waals surface area contributed by atoms with Crippen LogP contribution in [0.3, 0.4) is 0 Å². The van der Waals surface area contributed by atoms with E-state index >= 15 is 0 Å². The van der Waals surface area contributed by atoms with Crippen molar-refractivity contribution >= 4 is 23.3 Å². The molecule has 0 saturated carbocycles. The number of rotatable bonds is 3. The Kier molecular flexibility index (Phi) is 4.79. The number of nitrogens with one attached hydrogen (secondary N) is 2. The molecule has 1 heterocycles. The van der Waals surface area contributed by atoms with E-state index in [4.69, 9.17) is 0 Å². The predicted octanol–water partition coefficient (Wildman–Crippen LogP) is 3.88. The van der Waals surface area contributed by atoms with Crippen molar-refractivity contribution in [3.05, 3.63) is 59.7 Å². The van der Waals surface area contributed by atoms with Crippen molar-refractivity contribution < 1.29 is 9.59 Å². The van der Waals surface area contributed by atoms with Crippen LogP contribution in [0.25, 0.3) is 0 Å². The summed E-state index contributed by atoms with van der Waals surface area (Å²) in [5.41, 5.74) is 3.04. The molecular weight excluding hydrogens is 302 g/mol. The van der Waals surface area contributed by atoms with E-state index in [-0.39, 0.29) is 11.9 Å². The fourth-order valence-corrected chi connectivity index (χ4v) is 2.71. The second-order valence-corrected chi connectivity index (χ2v) is 6.03. The standard InChI is InChI=1S/C19H21N3O2/c1-14-7-9-15(10-8-14)18(23)20-16-5-4-6-17(13-16)21-19(24)22-11-2-3-12-22/h4-10,13H,2-3,11-12H2,1H3,(H,20,23)(H,21,24). The maximum absolute atomic E-state index is 12.3. The Morgan fingerprint density at radius 3 is 2.21 bits per heavy atom. The zero-order valence-electron chi connectivity index (χ0n) is 13.7. The number of hydrogen-bond acceptors (Lipinski definition) is 2. The summed E-state index contributed by atoms with van der Waals surface area (Å²) in [6.07, 6.45) is 2.11. The first-order chi connectivity index (χ1) is 11.6. The number of amides is 3. The molecule has 0 aromatic heterocycles. The van der Waals surface area contributed by atoms with Crippen molar-refractivity contribution in [1.82, 2.24) is 4.90 Å². The second-order valence-electron chi connectivity index (χ2n) is 6.03. The molecule has 0 unspecified atom stereocenters. The van der Waals surface area contributed by atoms with Gasteiger partial charge in [0.05, 0.1) is 0 Å². The molecule has 2 N–H and O–H groups in total. The molecule has 24 heavy (non-hydrogen) atoms. The molecule has 0 radical (unpaired) electrons. The van der Waals surface area contributed by atoms with Crippen LogP contribution in [-0.4, -0.2) is 29.9 Å². The first-order valence-electron chi connectivity index (χ1n) is 8.16. The molecule has 0 atom stereocenters. The number of likely N-dealkylation sites (tertiary alicyclic amines) is 1. The van der Waals surface area contributed by atoms with Gasteiger partial charge in [-0.2, -0.15) is 0 Å². The van der Waals surface area contributed by atoms with E-state index in [1.54, 1.807) is 29.2 Å². The average molecular weight is 323 g/mol. The normalized spacial score (nSPS) is 13.6. The third-order valence-corrected chi connectivity index (χ3v) is 4.08. The van der Waals surface area contributed by atoms with E-state index in [2.05, 4.69) is 10.6 Å². The van der Waals surface area contributed by atoms with E-state index in [0.717, 1.165) is 31.5 Å². The number of carbonyl (C=O) groups excluding carboxylic acids is 2. The number of urea groups is 1. The molecule has 0 bridgehead atoms. The molecule has 124 valence electrons. The Bertz CT molecular complexity index is 735. The molecule has 1 aliphatic rings. The van der Waals surface area contributed by atoms with Crippen molar-refractivity contribution in [2.45, 2.75) is 19.8 Å². The lowest BCUT2D eigenvalue weighted by atomic mass is 10.1. The highest BCUT2D eigenvalue weighted by molar-refractivity contribution is 6.04. The molecular formula is C19H21N3O2. The van der Waals surface area contributed by atoms with Crippen molar-refractivity contribution in [3.63, 3.8) is 0 Å². The first kappa shape index (κ1) is 16.1. The Labute approximate surface area is 141 Å². The van der Waals surface area contributed by atoms with Crippen molar-refractivity contribution in [2.75, 3.05) is 23.7 Å². The highest BCUT2D eigenvalue weighted by Crippen LogP contribution is 2.18. The minimum atomic E-state index is -0.169. The van der Waals surface area contributed by atoms with E-state index in [9.17, 15) is 9.59 Å². The summed E-state index contributed by atoms with van der Waals surface area (Å²) in [7, 11) is 0. The molecule has 1 saturated heterocycles. The van der Waals surface area contributed by atoms with Gasteiger partial charge in [-0.05, 0) is 50.1 Å². The monoisotopic (exact) mass is 323 g/mol. The van der Waals surface area contributed by atoms with Gasteiger partial charge in [-0.15, -0.1) is 0 Å². The topological polar surface area (TPSA) is 61.4 Å². The molecule has 1 aliphatic heterocycles. The van der Waals surface area contributed by atoms with Crippen LogP contribution in [0.4, 0.5) is 16.2 Å². The van der Waals surface area contributed by atoms with Gasteiger partial charge in [0.25, 0.3) is 5.91 Å². The number of nitrogens with zero attached hydrogens (tertiary/aromatic N) is 1. The van der Waals surface area contributed by atoms with Gasteiger partial charge in [-0.1, -0.05) is 23.8 Å². The number of anilines is 2. The van der Waals surface area contributed by atoms with Gasteiger partial charge in [0.1, 0.15) is 0 Å². The molecule has 0 spiro atoms. The Morgan fingerprint density at radius 1 is 0.917 bits per heavy atom. The molecule has 2 aromatic carbocycles. The van der Waals surface area contributed by atoms with Gasteiger partial charge < -0.3 is 15.5 Å². The molecule has 2 aromatic rings. The number of benzene rings is 2. The smallest absolute Gasteiger partial charge is 0.321 e. The van der Waals surface area contributed by atoms with Crippen LogP contribution in [0.1, 0.15) is 28.8 Å². The maximum atomic E-state index is 12.3. The zero-order chi connectivity index (χ0) is 16.9. The predicted molar refractivity (Wildman–Crippen MR) is 95.4 cm³/mol. The number of aryl methyl sites for hydroxylation is 1. The quantitative estimate of drug-likeness (QED) is 0.900. The van der Waals surface area contributed by atoms with Crippen molar-refractivity contribution in [2.24, 2.45) is 0 Å². The largest absolute Gasteiger partial charge is 0.325 e. The van der Waals surface area contributed by atoms with Crippen molar-refractivity contribution in [1.29, 1.82) is 0 Å². The van der Waals surface area contributed by atoms with Gasteiger partial charge in [-0.3, -0.25) is 4.79 Å². The Balaban J connectivity index is 1.65. The minimum absolute atomic E-state index is 0.0884.